The van der Waals surface area contributed by atoms with Crippen molar-refractivity contribution in [1.29, 1.82) is 0 Å². The molecule has 0 aromatic carbocycles. The highest BCUT2D eigenvalue weighted by Gasteiger charge is 2.30. The van der Waals surface area contributed by atoms with Gasteiger partial charge in [0.25, 0.3) is 0 Å². The van der Waals surface area contributed by atoms with Crippen molar-refractivity contribution in [3.63, 3.8) is 0 Å². The maximum atomic E-state index is 11.6. The normalized spacial score (nSPS) is 10.8. The Hall–Kier alpha value is -1.01. The lowest BCUT2D eigenvalue weighted by Gasteiger charge is -2.29. The molecule has 0 rings (SSSR count). The van der Waals surface area contributed by atoms with Gasteiger partial charge < -0.3 is 14.8 Å². The minimum Gasteiger partial charge on any atom is -0.462 e. The second kappa shape index (κ2) is 9.83. The van der Waals surface area contributed by atoms with Gasteiger partial charge in [-0.1, -0.05) is 6.92 Å². The van der Waals surface area contributed by atoms with Crippen molar-refractivity contribution in [3.8, 4) is 0 Å². The highest BCUT2D eigenvalue weighted by Crippen LogP contribution is 2.08. The molecular weight excluding hydrogens is 309 g/mol. The molecule has 0 aliphatic carbocycles. The third kappa shape index (κ3) is 8.22. The number of ether oxygens (including phenoxy) is 2. The van der Waals surface area contributed by atoms with Gasteiger partial charge in [-0.05, 0) is 13.3 Å². The first-order valence-electron chi connectivity index (χ1n) is 6.11. The van der Waals surface area contributed by atoms with E-state index in [1.54, 1.807) is 6.92 Å². The lowest BCUT2D eigenvalue weighted by Crippen LogP contribution is -2.53. The maximum Gasteiger partial charge on any atom is 0.320 e. The quantitative estimate of drug-likeness (QED) is 0.508. The van der Waals surface area contributed by atoms with Gasteiger partial charge in [-0.15, -0.1) is 23.2 Å². The van der Waals surface area contributed by atoms with Crippen LogP contribution < -0.4 is 5.32 Å². The topological polar surface area (TPSA) is 81.7 Å². The van der Waals surface area contributed by atoms with Crippen LogP contribution in [-0.4, -0.2) is 48.4 Å². The summed E-state index contributed by atoms with van der Waals surface area (Å²) in [5.41, 5.74) is -1.02. The van der Waals surface area contributed by atoms with Crippen LogP contribution in [0.25, 0.3) is 0 Å². The number of carbonyl (C=O) groups excluding carboxylic acids is 3. The smallest absolute Gasteiger partial charge is 0.320 e. The number of rotatable bonds is 9. The van der Waals surface area contributed by atoms with Crippen LogP contribution >= 0.6 is 23.2 Å². The van der Waals surface area contributed by atoms with E-state index >= 15 is 0 Å². The number of carbonyl (C=O) groups is 3. The summed E-state index contributed by atoms with van der Waals surface area (Å²) in [4.78, 5) is 33.8. The Morgan fingerprint density at radius 3 is 1.85 bits per heavy atom. The highest BCUT2D eigenvalue weighted by molar-refractivity contribution is 6.26. The van der Waals surface area contributed by atoms with Crippen molar-refractivity contribution in [2.45, 2.75) is 32.2 Å². The summed E-state index contributed by atoms with van der Waals surface area (Å²) in [5.74, 6) is -2.04. The van der Waals surface area contributed by atoms with Gasteiger partial charge in [0.2, 0.25) is 5.91 Å². The molecule has 0 spiro atoms. The van der Waals surface area contributed by atoms with Gasteiger partial charge in [0.1, 0.15) is 30.5 Å². The van der Waals surface area contributed by atoms with E-state index in [0.717, 1.165) is 0 Å². The molecule has 1 N–H and O–H groups in total. The van der Waals surface area contributed by atoms with E-state index in [0.29, 0.717) is 12.8 Å². The van der Waals surface area contributed by atoms with Crippen molar-refractivity contribution in [2.24, 2.45) is 0 Å². The maximum absolute atomic E-state index is 11.6. The van der Waals surface area contributed by atoms with E-state index in [1.807, 2.05) is 6.92 Å². The Morgan fingerprint density at radius 2 is 1.50 bits per heavy atom. The number of esters is 2. The Bertz CT molecular complexity index is 329. The fourth-order valence-corrected chi connectivity index (χ4v) is 1.45. The molecule has 0 aliphatic rings. The number of hydrogen-bond donors (Lipinski definition) is 1. The minimum atomic E-state index is -1.02. The molecule has 0 saturated carbocycles. The van der Waals surface area contributed by atoms with E-state index in [2.05, 4.69) is 5.32 Å². The zero-order valence-electron chi connectivity index (χ0n) is 11.5. The molecule has 0 saturated heterocycles. The fraction of sp³-hybridized carbons (Fsp3) is 0.750. The van der Waals surface area contributed by atoms with E-state index in [9.17, 15) is 14.4 Å². The summed E-state index contributed by atoms with van der Waals surface area (Å²) in [6.07, 6.45) is 0.993. The van der Waals surface area contributed by atoms with Gasteiger partial charge in [0.05, 0.1) is 0 Å². The van der Waals surface area contributed by atoms with Gasteiger partial charge in [0.15, 0.2) is 0 Å². The van der Waals surface area contributed by atoms with E-state index < -0.39 is 17.5 Å². The molecule has 20 heavy (non-hydrogen) atoms. The standard InChI is InChI=1S/C12H19Cl2NO5/c1-3-4-9(16)15-12(2,7-19-10(17)5-13)8-20-11(18)6-14/h3-8H2,1-2H3,(H,15,16). The molecule has 116 valence electrons. The molecule has 1 amide bonds. The molecule has 0 unspecified atom stereocenters. The Morgan fingerprint density at radius 1 is 1.05 bits per heavy atom. The summed E-state index contributed by atoms with van der Waals surface area (Å²) in [5, 5.41) is 2.67. The van der Waals surface area contributed by atoms with Crippen molar-refractivity contribution in [1.82, 2.24) is 5.32 Å². The summed E-state index contributed by atoms with van der Waals surface area (Å²) in [6.45, 7) is 3.16. The zero-order chi connectivity index (χ0) is 15.6. The highest BCUT2D eigenvalue weighted by atomic mass is 35.5. The molecule has 0 aromatic heterocycles. The van der Waals surface area contributed by atoms with Crippen molar-refractivity contribution < 1.29 is 23.9 Å². The molecule has 0 atom stereocenters. The molecule has 0 aromatic rings. The van der Waals surface area contributed by atoms with Gasteiger partial charge in [0, 0.05) is 6.42 Å². The van der Waals surface area contributed by atoms with E-state index in [4.69, 9.17) is 32.7 Å². The Kier molecular flexibility index (Phi) is 9.33. The lowest BCUT2D eigenvalue weighted by molar-refractivity contribution is -0.149. The number of alkyl halides is 2. The van der Waals surface area contributed by atoms with Gasteiger partial charge >= 0.3 is 11.9 Å². The second-order valence-electron chi connectivity index (χ2n) is 4.45. The number of hydrogen-bond acceptors (Lipinski definition) is 5. The van der Waals surface area contributed by atoms with Crippen LogP contribution in [0.4, 0.5) is 0 Å². The van der Waals surface area contributed by atoms with Crippen LogP contribution in [0.5, 0.6) is 0 Å². The summed E-state index contributed by atoms with van der Waals surface area (Å²) >= 11 is 10.6. The van der Waals surface area contributed by atoms with Crippen LogP contribution in [0.15, 0.2) is 0 Å². The van der Waals surface area contributed by atoms with Crippen LogP contribution in [-0.2, 0) is 23.9 Å². The zero-order valence-corrected chi connectivity index (χ0v) is 13.1. The molecule has 0 aliphatic heterocycles. The average Bonchev–Trinajstić information content (AvgIpc) is 2.42. The first-order chi connectivity index (χ1) is 9.36. The predicted octanol–water partition coefficient (Wildman–Crippen LogP) is 1.23. The molecule has 8 heteroatoms. The number of halogens is 2. The van der Waals surface area contributed by atoms with Gasteiger partial charge in [-0.2, -0.15) is 0 Å². The summed E-state index contributed by atoms with van der Waals surface area (Å²) in [7, 11) is 0. The second-order valence-corrected chi connectivity index (χ2v) is 4.98. The monoisotopic (exact) mass is 327 g/mol. The van der Waals surface area contributed by atoms with Crippen molar-refractivity contribution in [2.75, 3.05) is 25.0 Å². The Balaban J connectivity index is 4.60. The SMILES string of the molecule is CCCC(=O)NC(C)(COC(=O)CCl)COC(=O)CCl. The van der Waals surface area contributed by atoms with Crippen LogP contribution in [0.3, 0.4) is 0 Å². The number of amides is 1. The third-order valence-corrected chi connectivity index (χ3v) is 2.68. The van der Waals surface area contributed by atoms with Crippen LogP contribution in [0, 0.1) is 0 Å². The first-order valence-corrected chi connectivity index (χ1v) is 7.18. The fourth-order valence-electron chi connectivity index (χ4n) is 1.30. The van der Waals surface area contributed by atoms with Gasteiger partial charge in [-0.3, -0.25) is 14.4 Å². The average molecular weight is 328 g/mol. The molecule has 0 heterocycles. The predicted molar refractivity (Wildman–Crippen MR) is 74.8 cm³/mol. The van der Waals surface area contributed by atoms with E-state index in [-0.39, 0.29) is 30.9 Å². The largest absolute Gasteiger partial charge is 0.462 e. The summed E-state index contributed by atoms with van der Waals surface area (Å²) < 4.78 is 9.78. The molecule has 0 radical (unpaired) electrons. The molecule has 0 fully saturated rings. The first kappa shape index (κ1) is 19.0. The molecule has 6 nitrogen and oxygen atoms in total. The van der Waals surface area contributed by atoms with Gasteiger partial charge in [-0.25, -0.2) is 0 Å². The third-order valence-electron chi connectivity index (χ3n) is 2.24. The van der Waals surface area contributed by atoms with Crippen LogP contribution in [0.1, 0.15) is 26.7 Å². The number of nitrogens with one attached hydrogen (secondary N) is 1. The lowest BCUT2D eigenvalue weighted by atomic mass is 10.0. The van der Waals surface area contributed by atoms with Crippen molar-refractivity contribution in [3.05, 3.63) is 0 Å². The summed E-state index contributed by atoms with van der Waals surface area (Å²) in [6, 6.07) is 0. The van der Waals surface area contributed by atoms with E-state index in [1.165, 1.54) is 0 Å². The van der Waals surface area contributed by atoms with Crippen LogP contribution in [0.2, 0.25) is 0 Å². The molecular formula is C12H19Cl2NO5. The minimum absolute atomic E-state index is 0.149. The van der Waals surface area contributed by atoms with Crippen molar-refractivity contribution >= 4 is 41.0 Å². The molecule has 0 bridgehead atoms. The Labute approximate surface area is 128 Å².